The molecule has 0 aliphatic carbocycles. The van der Waals surface area contributed by atoms with Gasteiger partial charge in [0.1, 0.15) is 0 Å². The average Bonchev–Trinajstić information content (AvgIpc) is 2.96. The lowest BCUT2D eigenvalue weighted by molar-refractivity contribution is -0.121. The molecule has 2 rings (SSSR count). The molecule has 0 aliphatic rings. The molecular weight excluding hydrogens is 593 g/mol. The minimum Gasteiger partial charge on any atom is -0.356 e. The minimum atomic E-state index is -3.86. The summed E-state index contributed by atoms with van der Waals surface area (Å²) in [5.41, 5.74) is 0.898. The Hall–Kier alpha value is -2.13. The van der Waals surface area contributed by atoms with Gasteiger partial charge in [-0.1, -0.05) is 125 Å². The van der Waals surface area contributed by atoms with Gasteiger partial charge in [0, 0.05) is 31.6 Å². The van der Waals surface area contributed by atoms with E-state index in [2.05, 4.69) is 22.3 Å². The Kier molecular flexibility index (Phi) is 17.8. The molecule has 3 N–H and O–H groups in total. The number of hydrogen-bond donors (Lipinski definition) is 3. The number of amides is 2. The van der Waals surface area contributed by atoms with Crippen molar-refractivity contribution in [3.05, 3.63) is 58.1 Å². The van der Waals surface area contributed by atoms with Crippen LogP contribution in [-0.2, 0) is 26.2 Å². The first-order valence-electron chi connectivity index (χ1n) is 15.3. The van der Waals surface area contributed by atoms with Crippen molar-refractivity contribution in [2.75, 3.05) is 11.9 Å². The fourth-order valence-corrected chi connectivity index (χ4v) is 6.05. The molecule has 0 atom stereocenters. The van der Waals surface area contributed by atoms with Crippen molar-refractivity contribution in [3.63, 3.8) is 0 Å². The lowest BCUT2D eigenvalue weighted by Gasteiger charge is -2.11. The van der Waals surface area contributed by atoms with Crippen LogP contribution in [0.5, 0.6) is 0 Å². The van der Waals surface area contributed by atoms with E-state index >= 15 is 0 Å². The van der Waals surface area contributed by atoms with Crippen LogP contribution in [0.3, 0.4) is 0 Å². The highest BCUT2D eigenvalue weighted by atomic mass is 35.5. The summed E-state index contributed by atoms with van der Waals surface area (Å²) >= 11 is 12.1. The van der Waals surface area contributed by atoms with Gasteiger partial charge >= 0.3 is 0 Å². The quantitative estimate of drug-likeness (QED) is 0.112. The van der Waals surface area contributed by atoms with Gasteiger partial charge in [0.2, 0.25) is 21.8 Å². The van der Waals surface area contributed by atoms with E-state index in [0.29, 0.717) is 27.7 Å². The molecule has 7 nitrogen and oxygen atoms in total. The molecule has 2 aromatic rings. The van der Waals surface area contributed by atoms with Crippen molar-refractivity contribution >= 4 is 50.7 Å². The van der Waals surface area contributed by atoms with Crippen LogP contribution in [-0.4, -0.2) is 26.8 Å². The maximum Gasteiger partial charge on any atom is 0.240 e. The van der Waals surface area contributed by atoms with Crippen LogP contribution >= 0.6 is 23.2 Å². The lowest BCUT2D eigenvalue weighted by atomic mass is 10.0. The number of anilines is 1. The number of rotatable bonds is 22. The van der Waals surface area contributed by atoms with Gasteiger partial charge in [0.25, 0.3) is 0 Å². The summed E-state index contributed by atoms with van der Waals surface area (Å²) in [6.07, 6.45) is 16.9. The molecule has 0 saturated carbocycles. The van der Waals surface area contributed by atoms with E-state index in [-0.39, 0.29) is 36.2 Å². The zero-order valence-electron chi connectivity index (χ0n) is 24.9. The number of sulfonamides is 1. The summed E-state index contributed by atoms with van der Waals surface area (Å²) in [5.74, 6) is -0.366. The third-order valence-corrected chi connectivity index (χ3v) is 9.35. The second-order valence-corrected chi connectivity index (χ2v) is 13.3. The van der Waals surface area contributed by atoms with E-state index in [1.807, 2.05) is 0 Å². The maximum atomic E-state index is 12.8. The van der Waals surface area contributed by atoms with Crippen molar-refractivity contribution in [2.45, 2.75) is 115 Å². The van der Waals surface area contributed by atoms with Gasteiger partial charge in [-0.15, -0.1) is 0 Å². The Morgan fingerprint density at radius 3 is 1.98 bits per heavy atom. The monoisotopic (exact) mass is 639 g/mol. The van der Waals surface area contributed by atoms with Crippen molar-refractivity contribution < 1.29 is 18.0 Å². The highest BCUT2D eigenvalue weighted by Gasteiger charge is 2.16. The second kappa shape index (κ2) is 20.7. The smallest absolute Gasteiger partial charge is 0.240 e. The predicted molar refractivity (Wildman–Crippen MR) is 173 cm³/mol. The molecule has 42 heavy (non-hydrogen) atoms. The average molecular weight is 641 g/mol. The predicted octanol–water partition coefficient (Wildman–Crippen LogP) is 8.40. The number of nitrogens with one attached hydrogen (secondary N) is 3. The molecule has 0 spiro atoms. The zero-order valence-corrected chi connectivity index (χ0v) is 27.2. The molecular formula is C32H47Cl2N3O4S. The van der Waals surface area contributed by atoms with Crippen molar-refractivity contribution in [1.29, 1.82) is 0 Å². The molecule has 0 unspecified atom stereocenters. The molecule has 2 amide bonds. The Balaban J connectivity index is 1.58. The Morgan fingerprint density at radius 1 is 0.738 bits per heavy atom. The van der Waals surface area contributed by atoms with Gasteiger partial charge in [0.15, 0.2) is 0 Å². The topological polar surface area (TPSA) is 104 Å². The molecule has 0 aromatic heterocycles. The highest BCUT2D eigenvalue weighted by molar-refractivity contribution is 7.89. The summed E-state index contributed by atoms with van der Waals surface area (Å²) in [7, 11) is -3.86. The molecule has 234 valence electrons. The first kappa shape index (κ1) is 36.1. The van der Waals surface area contributed by atoms with Crippen molar-refractivity contribution in [1.82, 2.24) is 10.0 Å². The van der Waals surface area contributed by atoms with Crippen LogP contribution in [0.1, 0.15) is 109 Å². The number of unbranched alkanes of at least 4 members (excludes halogenated alkanes) is 12. The molecule has 0 aliphatic heterocycles. The third kappa shape index (κ3) is 14.9. The number of carbonyl (C=O) groups excluding carboxylic acids is 2. The Morgan fingerprint density at radius 2 is 1.33 bits per heavy atom. The van der Waals surface area contributed by atoms with Gasteiger partial charge in [-0.3, -0.25) is 9.59 Å². The van der Waals surface area contributed by atoms with Gasteiger partial charge in [-0.25, -0.2) is 13.1 Å². The SMILES string of the molecule is CCCCCCCCCCCCCCCC(=O)NCCC(=O)Nc1cccc(S(=O)(=O)NCc2cccc(Cl)c2Cl)c1. The van der Waals surface area contributed by atoms with E-state index < -0.39 is 10.0 Å². The highest BCUT2D eigenvalue weighted by Crippen LogP contribution is 2.26. The van der Waals surface area contributed by atoms with Crippen molar-refractivity contribution in [3.8, 4) is 0 Å². The third-order valence-electron chi connectivity index (χ3n) is 7.09. The lowest BCUT2D eigenvalue weighted by Crippen LogP contribution is -2.27. The number of carbonyl (C=O) groups is 2. The van der Waals surface area contributed by atoms with E-state index in [4.69, 9.17) is 23.2 Å². The Bertz CT molecular complexity index is 1210. The normalized spacial score (nSPS) is 11.4. The number of halogens is 2. The van der Waals surface area contributed by atoms with Gasteiger partial charge in [0.05, 0.1) is 14.9 Å². The fraction of sp³-hybridized carbons (Fsp3) is 0.562. The summed E-state index contributed by atoms with van der Waals surface area (Å²) in [6, 6.07) is 11.0. The summed E-state index contributed by atoms with van der Waals surface area (Å²) in [4.78, 5) is 24.5. The van der Waals surface area contributed by atoms with Gasteiger partial charge in [-0.05, 0) is 36.2 Å². The summed E-state index contributed by atoms with van der Waals surface area (Å²) < 4.78 is 28.0. The largest absolute Gasteiger partial charge is 0.356 e. The molecule has 10 heteroatoms. The zero-order chi connectivity index (χ0) is 30.6. The standard InChI is InChI=1S/C32H47Cl2N3O4S/c1-2-3-4-5-6-7-8-9-10-11-12-13-14-21-30(38)35-23-22-31(39)37-27-18-16-19-28(24-27)42(40,41)36-25-26-17-15-20-29(33)32(26)34/h15-20,24,36H,2-14,21-23,25H2,1H3,(H,35,38)(H,37,39). The van der Waals surface area contributed by atoms with Crippen LogP contribution in [0, 0.1) is 0 Å². The first-order chi connectivity index (χ1) is 20.2. The number of hydrogen-bond acceptors (Lipinski definition) is 4. The minimum absolute atomic E-state index is 0.00422. The Labute approximate surface area is 262 Å². The van der Waals surface area contributed by atoms with Crippen LogP contribution in [0.15, 0.2) is 47.4 Å². The first-order valence-corrected chi connectivity index (χ1v) is 17.6. The van der Waals surface area contributed by atoms with Gasteiger partial charge < -0.3 is 10.6 Å². The molecule has 0 heterocycles. The second-order valence-electron chi connectivity index (χ2n) is 10.7. The van der Waals surface area contributed by atoms with Crippen LogP contribution < -0.4 is 15.4 Å². The molecule has 0 saturated heterocycles. The van der Waals surface area contributed by atoms with E-state index in [0.717, 1.165) is 19.3 Å². The van der Waals surface area contributed by atoms with E-state index in [1.165, 1.54) is 76.3 Å². The fourth-order valence-electron chi connectivity index (χ4n) is 4.61. The van der Waals surface area contributed by atoms with Crippen molar-refractivity contribution in [2.24, 2.45) is 0 Å². The van der Waals surface area contributed by atoms with Crippen LogP contribution in [0.4, 0.5) is 5.69 Å². The van der Waals surface area contributed by atoms with E-state index in [9.17, 15) is 18.0 Å². The van der Waals surface area contributed by atoms with Crippen LogP contribution in [0.2, 0.25) is 10.0 Å². The van der Waals surface area contributed by atoms with E-state index in [1.54, 1.807) is 30.3 Å². The molecule has 0 radical (unpaired) electrons. The maximum absolute atomic E-state index is 12.8. The van der Waals surface area contributed by atoms with Crippen LogP contribution in [0.25, 0.3) is 0 Å². The molecule has 0 fully saturated rings. The number of benzene rings is 2. The summed E-state index contributed by atoms with van der Waals surface area (Å²) in [6.45, 7) is 2.44. The summed E-state index contributed by atoms with van der Waals surface area (Å²) in [5, 5.41) is 6.12. The van der Waals surface area contributed by atoms with Gasteiger partial charge in [-0.2, -0.15) is 0 Å². The molecule has 2 aromatic carbocycles. The molecule has 0 bridgehead atoms.